The molecule has 2 aliphatic rings. The van der Waals surface area contributed by atoms with Crippen molar-refractivity contribution in [3.8, 4) is 23.1 Å². The van der Waals surface area contributed by atoms with Crippen molar-refractivity contribution in [2.24, 2.45) is 5.41 Å². The zero-order valence-electron chi connectivity index (χ0n) is 36.4. The molecule has 348 valence electrons. The third kappa shape index (κ3) is 10.3. The SMILES string of the molecule is CC(C)(C)C(NC(=O)COCCOc1ccc(-c2ncc(N3C(=S)N(c4ccc(C#N)c(C(F)(F)F)c4F)C(=O)C3(C)C)cc2F)cc1F)C(=O)N1CCCC1C(=O)NCc1ccccc1. The zero-order chi connectivity index (χ0) is 48.3. The Labute approximate surface area is 381 Å². The van der Waals surface area contributed by atoms with Crippen LogP contribution in [0.5, 0.6) is 5.75 Å². The number of carbonyl (C=O) groups excluding carboxylic acids is 4. The first kappa shape index (κ1) is 48.9. The van der Waals surface area contributed by atoms with Gasteiger partial charge in [-0.25, -0.2) is 13.2 Å². The number of rotatable bonds is 14. The number of benzene rings is 3. The van der Waals surface area contributed by atoms with E-state index in [0.29, 0.717) is 36.9 Å². The van der Waals surface area contributed by atoms with E-state index in [1.165, 1.54) is 36.9 Å². The molecule has 2 fully saturated rings. The number of nitrogens with one attached hydrogen (secondary N) is 2. The van der Waals surface area contributed by atoms with Crippen LogP contribution in [0.2, 0.25) is 0 Å². The second kappa shape index (κ2) is 19.5. The number of anilines is 2. The Morgan fingerprint density at radius 3 is 2.35 bits per heavy atom. The summed E-state index contributed by atoms with van der Waals surface area (Å²) in [4.78, 5) is 60.7. The van der Waals surface area contributed by atoms with E-state index in [4.69, 9.17) is 27.0 Å². The van der Waals surface area contributed by atoms with E-state index in [1.807, 2.05) is 30.3 Å². The Bertz CT molecular complexity index is 2580. The highest BCUT2D eigenvalue weighted by atomic mass is 32.1. The molecule has 0 saturated carbocycles. The fraction of sp³-hybridized carbons (Fsp3) is 0.370. The first-order valence-corrected chi connectivity index (χ1v) is 21.0. The summed E-state index contributed by atoms with van der Waals surface area (Å²) in [6, 6.07) is 15.0. The van der Waals surface area contributed by atoms with Crippen LogP contribution in [0.3, 0.4) is 0 Å². The smallest absolute Gasteiger partial charge is 0.420 e. The van der Waals surface area contributed by atoms with E-state index in [2.05, 4.69) is 15.6 Å². The number of thiocarbonyl (C=S) groups is 1. The van der Waals surface area contributed by atoms with Gasteiger partial charge in [-0.05, 0) is 80.2 Å². The average molecular weight is 938 g/mol. The molecule has 2 atom stereocenters. The van der Waals surface area contributed by atoms with Gasteiger partial charge in [0.2, 0.25) is 17.7 Å². The molecule has 0 spiro atoms. The van der Waals surface area contributed by atoms with Gasteiger partial charge in [0.1, 0.15) is 42.1 Å². The topological polar surface area (TPSA) is 157 Å². The minimum Gasteiger partial charge on any atom is -0.488 e. The number of pyridine rings is 1. The lowest BCUT2D eigenvalue weighted by molar-refractivity contribution is -0.144. The normalized spacial score (nSPS) is 16.6. The molecule has 0 bridgehead atoms. The summed E-state index contributed by atoms with van der Waals surface area (Å²) in [5, 5.41) is 14.3. The quantitative estimate of drug-likeness (QED) is 0.0753. The van der Waals surface area contributed by atoms with Crippen molar-refractivity contribution in [2.75, 3.05) is 36.2 Å². The number of halogens is 6. The number of likely N-dealkylation sites (tertiary alicyclic amines) is 1. The van der Waals surface area contributed by atoms with Gasteiger partial charge in [0.15, 0.2) is 28.3 Å². The predicted octanol–water partition coefficient (Wildman–Crippen LogP) is 7.21. The Morgan fingerprint density at radius 1 is 1.00 bits per heavy atom. The number of aromatic nitrogens is 1. The van der Waals surface area contributed by atoms with Crippen LogP contribution in [0.1, 0.15) is 64.2 Å². The highest BCUT2D eigenvalue weighted by Crippen LogP contribution is 2.42. The lowest BCUT2D eigenvalue weighted by Crippen LogP contribution is -2.58. The molecule has 1 aromatic heterocycles. The van der Waals surface area contributed by atoms with Crippen molar-refractivity contribution < 1.29 is 55.0 Å². The summed E-state index contributed by atoms with van der Waals surface area (Å²) >= 11 is 5.41. The number of nitrogens with zero attached hydrogens (tertiary/aromatic N) is 5. The summed E-state index contributed by atoms with van der Waals surface area (Å²) < 4.78 is 98.6. The van der Waals surface area contributed by atoms with Crippen LogP contribution in [0, 0.1) is 34.2 Å². The lowest BCUT2D eigenvalue weighted by atomic mass is 9.85. The third-order valence-electron chi connectivity index (χ3n) is 11.0. The molecule has 20 heteroatoms. The number of ether oxygens (including phenoxy) is 2. The van der Waals surface area contributed by atoms with E-state index in [-0.39, 0.29) is 41.8 Å². The molecule has 13 nitrogen and oxygen atoms in total. The first-order valence-electron chi connectivity index (χ1n) is 20.6. The zero-order valence-corrected chi connectivity index (χ0v) is 37.2. The van der Waals surface area contributed by atoms with E-state index < -0.39 is 92.9 Å². The number of hydrogen-bond acceptors (Lipinski definition) is 9. The molecule has 3 heterocycles. The van der Waals surface area contributed by atoms with Gasteiger partial charge < -0.3 is 29.9 Å². The van der Waals surface area contributed by atoms with Gasteiger partial charge in [0, 0.05) is 24.7 Å². The van der Waals surface area contributed by atoms with Crippen molar-refractivity contribution in [3.63, 3.8) is 0 Å². The maximum atomic E-state index is 15.7. The van der Waals surface area contributed by atoms with Gasteiger partial charge in [-0.2, -0.15) is 18.4 Å². The second-order valence-corrected chi connectivity index (χ2v) is 17.4. The van der Waals surface area contributed by atoms with Gasteiger partial charge in [-0.15, -0.1) is 0 Å². The monoisotopic (exact) mass is 937 g/mol. The summed E-state index contributed by atoms with van der Waals surface area (Å²) in [7, 11) is 0. The number of hydrogen-bond donors (Lipinski definition) is 2. The molecule has 4 aromatic rings. The van der Waals surface area contributed by atoms with Gasteiger partial charge in [-0.3, -0.25) is 29.1 Å². The fourth-order valence-corrected chi connectivity index (χ4v) is 8.19. The van der Waals surface area contributed by atoms with Crippen LogP contribution in [-0.4, -0.2) is 82.6 Å². The summed E-state index contributed by atoms with van der Waals surface area (Å²) in [6.45, 7) is 7.89. The fourth-order valence-electron chi connectivity index (χ4n) is 7.68. The van der Waals surface area contributed by atoms with Gasteiger partial charge in [0.05, 0.1) is 35.8 Å². The summed E-state index contributed by atoms with van der Waals surface area (Å²) in [6.07, 6.45) is -3.07. The van der Waals surface area contributed by atoms with Crippen LogP contribution in [-0.2, 0) is 36.6 Å². The Morgan fingerprint density at radius 2 is 1.71 bits per heavy atom. The second-order valence-electron chi connectivity index (χ2n) is 17.1. The number of carbonyl (C=O) groups is 4. The van der Waals surface area contributed by atoms with Crippen LogP contribution in [0.25, 0.3) is 11.3 Å². The predicted molar refractivity (Wildman–Crippen MR) is 233 cm³/mol. The van der Waals surface area contributed by atoms with Crippen molar-refractivity contribution in [1.29, 1.82) is 5.26 Å². The molecule has 2 aliphatic heterocycles. The van der Waals surface area contributed by atoms with Gasteiger partial charge in [-0.1, -0.05) is 51.1 Å². The van der Waals surface area contributed by atoms with E-state index in [9.17, 15) is 32.3 Å². The Hall–Kier alpha value is -6.59. The number of alkyl halides is 3. The van der Waals surface area contributed by atoms with Crippen molar-refractivity contribution in [1.82, 2.24) is 20.5 Å². The minimum absolute atomic E-state index is 0.0202. The van der Waals surface area contributed by atoms with Crippen molar-refractivity contribution in [3.05, 3.63) is 107 Å². The summed E-state index contributed by atoms with van der Waals surface area (Å²) in [5.74, 6) is -6.24. The number of amides is 4. The third-order valence-corrected chi connectivity index (χ3v) is 11.4. The maximum Gasteiger partial charge on any atom is 0.420 e. The molecule has 0 aliphatic carbocycles. The molecule has 2 saturated heterocycles. The molecule has 3 aromatic carbocycles. The van der Waals surface area contributed by atoms with Gasteiger partial charge in [0.25, 0.3) is 5.91 Å². The Kier molecular flexibility index (Phi) is 14.4. The van der Waals surface area contributed by atoms with Crippen LogP contribution in [0.15, 0.2) is 72.9 Å². The maximum absolute atomic E-state index is 15.7. The molecule has 66 heavy (non-hydrogen) atoms. The van der Waals surface area contributed by atoms with Crippen LogP contribution >= 0.6 is 12.2 Å². The van der Waals surface area contributed by atoms with E-state index in [1.54, 1.807) is 20.8 Å². The lowest BCUT2D eigenvalue weighted by Gasteiger charge is -2.35. The molecule has 2 unspecified atom stereocenters. The molecule has 6 rings (SSSR count). The molecule has 0 radical (unpaired) electrons. The highest BCUT2D eigenvalue weighted by molar-refractivity contribution is 7.81. The average Bonchev–Trinajstić information content (AvgIpc) is 3.81. The van der Waals surface area contributed by atoms with Crippen LogP contribution in [0.4, 0.5) is 37.7 Å². The molecule has 4 amide bonds. The highest BCUT2D eigenvalue weighted by Gasteiger charge is 2.52. The van der Waals surface area contributed by atoms with E-state index >= 15 is 13.2 Å². The largest absolute Gasteiger partial charge is 0.488 e. The van der Waals surface area contributed by atoms with Gasteiger partial charge >= 0.3 is 6.18 Å². The Balaban J connectivity index is 1.03. The van der Waals surface area contributed by atoms with E-state index in [0.717, 1.165) is 34.9 Å². The van der Waals surface area contributed by atoms with Crippen molar-refractivity contribution >= 4 is 52.3 Å². The molecule has 2 N–H and O–H groups in total. The summed E-state index contributed by atoms with van der Waals surface area (Å²) in [5.41, 5.74) is -5.69. The first-order chi connectivity index (χ1) is 31.1. The number of nitriles is 1. The molecular weight excluding hydrogens is 893 g/mol. The van der Waals surface area contributed by atoms with Crippen molar-refractivity contribution in [2.45, 2.75) is 77.8 Å². The standard InChI is InChI=1S/C46H45F6N7O6S/c1-44(2,3)39(41(62)57-17-9-12-33(57)40(61)55-23-26-10-7-6-8-11-26)56-35(60)25-64-18-19-65-34-16-14-27(20-30(34)47)38-31(48)21-29(24-54-38)59-43(66)58(42(63)45(59,4)5)32-15-13-28(22-53)36(37(32)49)46(50,51)52/h6-8,10-11,13-16,20-21,24,33,39H,9,12,17-19,23,25H2,1-5H3,(H,55,61)(H,56,60). The van der Waals surface area contributed by atoms with Crippen LogP contribution < -0.4 is 25.2 Å². The molecular formula is C46H45F6N7O6S. The minimum atomic E-state index is -5.28.